The predicted molar refractivity (Wildman–Crippen MR) is 72.4 cm³/mol. The second-order valence-electron chi connectivity index (χ2n) is 4.42. The lowest BCUT2D eigenvalue weighted by Crippen LogP contribution is -2.20. The molecule has 0 amide bonds. The Balaban J connectivity index is 2.29. The van der Waals surface area contributed by atoms with Gasteiger partial charge in [0.25, 0.3) is 0 Å². The van der Waals surface area contributed by atoms with Crippen LogP contribution in [0.2, 0.25) is 0 Å². The van der Waals surface area contributed by atoms with Crippen LogP contribution in [0.5, 0.6) is 11.5 Å². The van der Waals surface area contributed by atoms with E-state index >= 15 is 0 Å². The fourth-order valence-electron chi connectivity index (χ4n) is 2.31. The zero-order valence-corrected chi connectivity index (χ0v) is 11.5. The molecular weight excluding hydrogens is 278 g/mol. The monoisotopic (exact) mass is 291 g/mol. The third-order valence-corrected chi connectivity index (χ3v) is 3.29. The van der Waals surface area contributed by atoms with Crippen LogP contribution in [0.3, 0.4) is 0 Å². The first-order valence-electron chi connectivity index (χ1n) is 6.37. The van der Waals surface area contributed by atoms with Gasteiger partial charge < -0.3 is 14.0 Å². The van der Waals surface area contributed by atoms with E-state index in [9.17, 15) is 9.59 Å². The number of ether oxygens (including phenoxy) is 2. The van der Waals surface area contributed by atoms with Gasteiger partial charge in [0.05, 0.1) is 18.0 Å². The fourth-order valence-corrected chi connectivity index (χ4v) is 2.31. The summed E-state index contributed by atoms with van der Waals surface area (Å²) in [6.07, 6.45) is 1.45. The van der Waals surface area contributed by atoms with Crippen molar-refractivity contribution >= 4 is 16.9 Å². The van der Waals surface area contributed by atoms with Crippen molar-refractivity contribution in [1.29, 1.82) is 0 Å². The quantitative estimate of drug-likeness (QED) is 0.629. The van der Waals surface area contributed by atoms with Gasteiger partial charge >= 0.3 is 5.97 Å². The van der Waals surface area contributed by atoms with E-state index < -0.39 is 11.4 Å². The normalized spacial score (nSPS) is 12.7. The molecule has 0 saturated heterocycles. The van der Waals surface area contributed by atoms with Crippen LogP contribution in [0.1, 0.15) is 17.3 Å². The van der Waals surface area contributed by atoms with E-state index in [1.165, 1.54) is 13.3 Å². The zero-order chi connectivity index (χ0) is 15.0. The molecule has 7 heteroatoms. The van der Waals surface area contributed by atoms with Crippen LogP contribution in [0.4, 0.5) is 0 Å². The van der Waals surface area contributed by atoms with Crippen molar-refractivity contribution < 1.29 is 24.0 Å². The van der Waals surface area contributed by atoms with E-state index in [4.69, 9.17) is 9.47 Å². The van der Waals surface area contributed by atoms with Crippen LogP contribution in [0.25, 0.3) is 10.9 Å². The lowest BCUT2D eigenvalue weighted by molar-refractivity contribution is -0.216. The number of benzene rings is 1. The van der Waals surface area contributed by atoms with E-state index in [2.05, 4.69) is 9.78 Å². The summed E-state index contributed by atoms with van der Waals surface area (Å²) < 4.78 is 12.4. The predicted octanol–water partition coefficient (Wildman–Crippen LogP) is 1.47. The minimum absolute atomic E-state index is 0.0925. The summed E-state index contributed by atoms with van der Waals surface area (Å²) in [7, 11) is 1.20. The lowest BCUT2D eigenvalue weighted by atomic mass is 10.1. The molecule has 1 aromatic heterocycles. The van der Waals surface area contributed by atoms with Crippen LogP contribution in [-0.4, -0.2) is 24.4 Å². The highest BCUT2D eigenvalue weighted by atomic mass is 17.2. The highest BCUT2D eigenvalue weighted by Gasteiger charge is 2.21. The first-order chi connectivity index (χ1) is 10.2. The molecule has 0 fully saturated rings. The molecule has 1 aliphatic rings. The molecule has 0 aliphatic carbocycles. The molecule has 21 heavy (non-hydrogen) atoms. The number of fused-ring (bicyclic) bond motifs is 2. The summed E-state index contributed by atoms with van der Waals surface area (Å²) in [5.74, 6) is 0.236. The maximum atomic E-state index is 12.4. The SMILES string of the molecule is CCn1cc(C(=O)OOC)c(=O)c2cc3c(cc21)OCO3. The fraction of sp³-hybridized carbons (Fsp3) is 0.286. The molecule has 3 rings (SSSR count). The van der Waals surface area contributed by atoms with Gasteiger partial charge in [0.15, 0.2) is 11.5 Å². The van der Waals surface area contributed by atoms with E-state index in [1.807, 2.05) is 6.92 Å². The van der Waals surface area contributed by atoms with Crippen LogP contribution >= 0.6 is 0 Å². The van der Waals surface area contributed by atoms with Gasteiger partial charge in [-0.25, -0.2) is 4.79 Å². The number of pyridine rings is 1. The van der Waals surface area contributed by atoms with Gasteiger partial charge in [-0.3, -0.25) is 9.68 Å². The van der Waals surface area contributed by atoms with Crippen molar-refractivity contribution in [3.63, 3.8) is 0 Å². The Bertz CT molecular complexity index is 779. The molecule has 110 valence electrons. The van der Waals surface area contributed by atoms with Gasteiger partial charge in [0.2, 0.25) is 12.2 Å². The molecule has 0 saturated carbocycles. The second-order valence-corrected chi connectivity index (χ2v) is 4.42. The van der Waals surface area contributed by atoms with Crippen molar-refractivity contribution in [3.8, 4) is 11.5 Å². The summed E-state index contributed by atoms with van der Waals surface area (Å²) in [5, 5.41) is 0.367. The first kappa shape index (κ1) is 13.4. The molecule has 0 atom stereocenters. The number of nitrogens with zero attached hydrogens (tertiary/aromatic N) is 1. The van der Waals surface area contributed by atoms with E-state index in [0.29, 0.717) is 28.9 Å². The van der Waals surface area contributed by atoms with Gasteiger partial charge in [0, 0.05) is 18.8 Å². The number of carbonyl (C=O) groups is 1. The van der Waals surface area contributed by atoms with Crippen molar-refractivity contribution in [3.05, 3.63) is 34.1 Å². The molecule has 7 nitrogen and oxygen atoms in total. The Kier molecular flexibility index (Phi) is 3.26. The highest BCUT2D eigenvalue weighted by molar-refractivity contribution is 5.94. The second kappa shape index (κ2) is 5.10. The summed E-state index contributed by atoms with van der Waals surface area (Å²) >= 11 is 0. The van der Waals surface area contributed by atoms with Gasteiger partial charge in [-0.2, -0.15) is 4.89 Å². The molecule has 2 aromatic rings. The summed E-state index contributed by atoms with van der Waals surface area (Å²) in [5.41, 5.74) is 0.140. The maximum absolute atomic E-state index is 12.4. The minimum atomic E-state index is -0.829. The smallest absolute Gasteiger partial charge is 0.378 e. The molecule has 2 heterocycles. The Labute approximate surface area is 119 Å². The third-order valence-electron chi connectivity index (χ3n) is 3.29. The molecule has 0 bridgehead atoms. The number of rotatable bonds is 3. The zero-order valence-electron chi connectivity index (χ0n) is 11.5. The standard InChI is InChI=1S/C14H13NO6/c1-3-15-6-9(14(17)21-18-2)13(16)8-4-11-12(5-10(8)15)20-7-19-11/h4-6H,3,7H2,1-2H3. The van der Waals surface area contributed by atoms with Gasteiger partial charge in [-0.15, -0.1) is 0 Å². The molecule has 0 N–H and O–H groups in total. The molecule has 0 radical (unpaired) electrons. The van der Waals surface area contributed by atoms with Crippen LogP contribution < -0.4 is 14.9 Å². The molecule has 1 aliphatic heterocycles. The van der Waals surface area contributed by atoms with Crippen molar-refractivity contribution in [2.75, 3.05) is 13.9 Å². The van der Waals surface area contributed by atoms with Crippen molar-refractivity contribution in [2.45, 2.75) is 13.5 Å². The summed E-state index contributed by atoms with van der Waals surface area (Å²) in [6.45, 7) is 2.59. The third kappa shape index (κ3) is 2.11. The average Bonchev–Trinajstić information content (AvgIpc) is 2.93. The van der Waals surface area contributed by atoms with Gasteiger partial charge in [-0.1, -0.05) is 0 Å². The van der Waals surface area contributed by atoms with Crippen LogP contribution in [0.15, 0.2) is 23.1 Å². The van der Waals surface area contributed by atoms with Crippen molar-refractivity contribution in [1.82, 2.24) is 4.57 Å². The number of carbonyl (C=O) groups excluding carboxylic acids is 1. The summed E-state index contributed by atoms with van der Waals surface area (Å²) in [4.78, 5) is 33.0. The number of aromatic nitrogens is 1. The first-order valence-corrected chi connectivity index (χ1v) is 6.37. The Hall–Kier alpha value is -2.54. The molecular formula is C14H13NO6. The average molecular weight is 291 g/mol. The highest BCUT2D eigenvalue weighted by Crippen LogP contribution is 2.35. The van der Waals surface area contributed by atoms with E-state index in [0.717, 1.165) is 0 Å². The van der Waals surface area contributed by atoms with E-state index in [1.54, 1.807) is 16.7 Å². The van der Waals surface area contributed by atoms with E-state index in [-0.39, 0.29) is 12.4 Å². The Morgan fingerprint density at radius 2 is 2.05 bits per heavy atom. The minimum Gasteiger partial charge on any atom is -0.454 e. The van der Waals surface area contributed by atoms with Gasteiger partial charge in [-0.05, 0) is 13.0 Å². The van der Waals surface area contributed by atoms with Crippen LogP contribution in [0, 0.1) is 0 Å². The number of hydrogen-bond donors (Lipinski definition) is 0. The van der Waals surface area contributed by atoms with Gasteiger partial charge in [0.1, 0.15) is 5.56 Å². The van der Waals surface area contributed by atoms with Crippen molar-refractivity contribution in [2.24, 2.45) is 0 Å². The summed E-state index contributed by atoms with van der Waals surface area (Å²) in [6, 6.07) is 3.31. The number of aryl methyl sites for hydroxylation is 1. The van der Waals surface area contributed by atoms with Crippen LogP contribution in [-0.2, 0) is 16.3 Å². The topological polar surface area (TPSA) is 76.0 Å². The maximum Gasteiger partial charge on any atom is 0.378 e. The molecule has 0 unspecified atom stereocenters. The molecule has 1 aromatic carbocycles. The number of hydrogen-bond acceptors (Lipinski definition) is 6. The Morgan fingerprint density at radius 3 is 2.71 bits per heavy atom. The molecule has 0 spiro atoms. The largest absolute Gasteiger partial charge is 0.454 e. The Morgan fingerprint density at radius 1 is 1.33 bits per heavy atom. The lowest BCUT2D eigenvalue weighted by Gasteiger charge is -2.11.